The van der Waals surface area contributed by atoms with Crippen molar-refractivity contribution in [3.63, 3.8) is 0 Å². The van der Waals surface area contributed by atoms with Crippen LogP contribution in [-0.4, -0.2) is 27.3 Å². The number of hydrogen-bond donors (Lipinski definition) is 1. The second kappa shape index (κ2) is 4.43. The van der Waals surface area contributed by atoms with E-state index < -0.39 is 5.97 Å². The van der Waals surface area contributed by atoms with Crippen LogP contribution in [0, 0.1) is 9.41 Å². The molecule has 0 aromatic carbocycles. The van der Waals surface area contributed by atoms with Gasteiger partial charge in [-0.1, -0.05) is 12.2 Å². The van der Waals surface area contributed by atoms with Crippen LogP contribution in [0.3, 0.4) is 0 Å². The fourth-order valence-electron chi connectivity index (χ4n) is 0.810. The molecule has 0 aliphatic rings. The van der Waals surface area contributed by atoms with E-state index in [1.54, 1.807) is 14.0 Å². The molecule has 5 nitrogen and oxygen atoms in total. The lowest BCUT2D eigenvalue weighted by molar-refractivity contribution is 0.0515. The zero-order valence-electron chi connectivity index (χ0n) is 7.73. The lowest BCUT2D eigenvalue weighted by Crippen LogP contribution is -2.13. The van der Waals surface area contributed by atoms with Crippen LogP contribution in [0.1, 0.15) is 17.4 Å². The van der Waals surface area contributed by atoms with Gasteiger partial charge in [0, 0.05) is 7.05 Å². The maximum atomic E-state index is 11.3. The van der Waals surface area contributed by atoms with Crippen molar-refractivity contribution in [1.82, 2.24) is 14.8 Å². The molecule has 0 atom stereocenters. The molecule has 1 aromatic heterocycles. The summed E-state index contributed by atoms with van der Waals surface area (Å²) in [5.41, 5.74) is 0.0814. The standard InChI is InChI=1S/C7H9N3O2S2/c1-3-12-6(11)4-5(13)10(2)7(14)9-8-4/h3H2,1-2H3,(H,9,14). The van der Waals surface area contributed by atoms with Crippen molar-refractivity contribution in [1.29, 1.82) is 0 Å². The maximum Gasteiger partial charge on any atom is 0.361 e. The normalized spacial score (nSPS) is 9.86. The fourth-order valence-corrected chi connectivity index (χ4v) is 1.23. The number of H-pyrrole nitrogens is 1. The van der Waals surface area contributed by atoms with Crippen molar-refractivity contribution in [2.45, 2.75) is 6.92 Å². The Bertz CT molecular complexity index is 463. The lowest BCUT2D eigenvalue weighted by atomic mass is 10.5. The third-order valence-corrected chi connectivity index (χ3v) is 2.38. The van der Waals surface area contributed by atoms with Gasteiger partial charge in [-0.25, -0.2) is 4.79 Å². The number of rotatable bonds is 2. The highest BCUT2D eigenvalue weighted by atomic mass is 32.1. The molecule has 0 amide bonds. The zero-order valence-corrected chi connectivity index (χ0v) is 9.37. The number of carbonyl (C=O) groups excluding carboxylic acids is 1. The molecule has 0 aliphatic carbocycles. The number of hydrogen-bond acceptors (Lipinski definition) is 5. The van der Waals surface area contributed by atoms with E-state index in [1.165, 1.54) is 4.57 Å². The number of carbonyl (C=O) groups is 1. The van der Waals surface area contributed by atoms with E-state index in [1.807, 2.05) is 0 Å². The van der Waals surface area contributed by atoms with Gasteiger partial charge in [0.25, 0.3) is 0 Å². The van der Waals surface area contributed by atoms with E-state index in [0.29, 0.717) is 4.77 Å². The largest absolute Gasteiger partial charge is 0.461 e. The SMILES string of the molecule is CCOC(=O)c1n[nH]c(=S)n(C)c1=S. The summed E-state index contributed by atoms with van der Waals surface area (Å²) in [6, 6.07) is 0. The monoisotopic (exact) mass is 231 g/mol. The Labute approximate surface area is 90.7 Å². The molecule has 76 valence electrons. The van der Waals surface area contributed by atoms with Crippen molar-refractivity contribution in [3.8, 4) is 0 Å². The molecule has 7 heteroatoms. The molecular weight excluding hydrogens is 222 g/mol. The first-order chi connectivity index (χ1) is 6.57. The van der Waals surface area contributed by atoms with Crippen molar-refractivity contribution >= 4 is 30.4 Å². The van der Waals surface area contributed by atoms with Gasteiger partial charge in [-0.2, -0.15) is 5.10 Å². The molecule has 0 unspecified atom stereocenters. The first-order valence-electron chi connectivity index (χ1n) is 3.90. The summed E-state index contributed by atoms with van der Waals surface area (Å²) in [4.78, 5) is 11.3. The minimum atomic E-state index is -0.542. The van der Waals surface area contributed by atoms with Gasteiger partial charge in [-0.05, 0) is 19.1 Å². The molecule has 0 bridgehead atoms. The van der Waals surface area contributed by atoms with Gasteiger partial charge in [-0.15, -0.1) is 0 Å². The molecule has 1 heterocycles. The van der Waals surface area contributed by atoms with E-state index >= 15 is 0 Å². The maximum absolute atomic E-state index is 11.3. The second-order valence-electron chi connectivity index (χ2n) is 2.46. The first-order valence-corrected chi connectivity index (χ1v) is 4.72. The Hall–Kier alpha value is -1.08. The molecule has 0 saturated carbocycles. The Balaban J connectivity index is 3.25. The van der Waals surface area contributed by atoms with Gasteiger partial charge in [0.15, 0.2) is 4.77 Å². The summed E-state index contributed by atoms with van der Waals surface area (Å²) in [5, 5.41) is 6.24. The highest BCUT2D eigenvalue weighted by Crippen LogP contribution is 2.00. The average molecular weight is 231 g/mol. The lowest BCUT2D eigenvalue weighted by Gasteiger charge is -2.03. The smallest absolute Gasteiger partial charge is 0.361 e. The summed E-state index contributed by atoms with van der Waals surface area (Å²) in [7, 11) is 1.66. The van der Waals surface area contributed by atoms with E-state index in [-0.39, 0.29) is 16.9 Å². The van der Waals surface area contributed by atoms with Gasteiger partial charge < -0.3 is 9.30 Å². The Morgan fingerprint density at radius 3 is 2.86 bits per heavy atom. The van der Waals surface area contributed by atoms with Gasteiger partial charge in [-0.3, -0.25) is 5.10 Å². The average Bonchev–Trinajstić information content (AvgIpc) is 2.15. The number of ether oxygens (including phenoxy) is 1. The molecule has 0 spiro atoms. The minimum absolute atomic E-state index is 0.0814. The number of nitrogens with one attached hydrogen (secondary N) is 1. The quantitative estimate of drug-likeness (QED) is 0.615. The molecule has 0 radical (unpaired) electrons. The molecule has 0 saturated heterocycles. The van der Waals surface area contributed by atoms with Crippen molar-refractivity contribution in [3.05, 3.63) is 15.1 Å². The van der Waals surface area contributed by atoms with Crippen LogP contribution >= 0.6 is 24.4 Å². The summed E-state index contributed by atoms with van der Waals surface area (Å²) in [6.07, 6.45) is 0. The predicted octanol–water partition coefficient (Wildman–Crippen LogP) is 1.38. The van der Waals surface area contributed by atoms with Gasteiger partial charge >= 0.3 is 5.97 Å². The minimum Gasteiger partial charge on any atom is -0.461 e. The molecule has 14 heavy (non-hydrogen) atoms. The molecular formula is C7H9N3O2S2. The number of aromatic amines is 1. The van der Waals surface area contributed by atoms with Crippen LogP contribution in [0.4, 0.5) is 0 Å². The molecule has 1 aromatic rings. The van der Waals surface area contributed by atoms with Crippen LogP contribution in [0.15, 0.2) is 0 Å². The van der Waals surface area contributed by atoms with E-state index in [2.05, 4.69) is 10.2 Å². The van der Waals surface area contributed by atoms with Crippen LogP contribution in [0.2, 0.25) is 0 Å². The van der Waals surface area contributed by atoms with Gasteiger partial charge in [0.1, 0.15) is 4.64 Å². The summed E-state index contributed by atoms with van der Waals surface area (Å²) in [6.45, 7) is 2.00. The fraction of sp³-hybridized carbons (Fsp3) is 0.429. The Kier molecular flexibility index (Phi) is 3.48. The summed E-state index contributed by atoms with van der Waals surface area (Å²) >= 11 is 9.86. The highest BCUT2D eigenvalue weighted by molar-refractivity contribution is 7.72. The number of esters is 1. The van der Waals surface area contributed by atoms with E-state index in [9.17, 15) is 4.79 Å². The van der Waals surface area contributed by atoms with Crippen LogP contribution in [-0.2, 0) is 11.8 Å². The van der Waals surface area contributed by atoms with Crippen LogP contribution in [0.5, 0.6) is 0 Å². The third kappa shape index (κ3) is 2.05. The van der Waals surface area contributed by atoms with Crippen LogP contribution in [0.25, 0.3) is 0 Å². The van der Waals surface area contributed by atoms with Crippen molar-refractivity contribution in [2.75, 3.05) is 6.61 Å². The molecule has 0 fully saturated rings. The first kappa shape index (κ1) is 11.0. The molecule has 0 aliphatic heterocycles. The highest BCUT2D eigenvalue weighted by Gasteiger charge is 2.12. The third-order valence-electron chi connectivity index (χ3n) is 1.54. The van der Waals surface area contributed by atoms with Crippen molar-refractivity contribution in [2.24, 2.45) is 7.05 Å². The zero-order chi connectivity index (χ0) is 10.7. The summed E-state index contributed by atoms with van der Waals surface area (Å²) < 4.78 is 6.89. The van der Waals surface area contributed by atoms with Gasteiger partial charge in [0.2, 0.25) is 5.69 Å². The topological polar surface area (TPSA) is 59.9 Å². The molecule has 1 N–H and O–H groups in total. The van der Waals surface area contributed by atoms with E-state index in [0.717, 1.165) is 0 Å². The predicted molar refractivity (Wildman–Crippen MR) is 55.2 cm³/mol. The van der Waals surface area contributed by atoms with Crippen molar-refractivity contribution < 1.29 is 9.53 Å². The van der Waals surface area contributed by atoms with Crippen LogP contribution < -0.4 is 0 Å². The summed E-state index contributed by atoms with van der Waals surface area (Å²) in [5.74, 6) is -0.542. The van der Waals surface area contributed by atoms with E-state index in [4.69, 9.17) is 29.2 Å². The van der Waals surface area contributed by atoms with Gasteiger partial charge in [0.05, 0.1) is 6.61 Å². The number of aromatic nitrogens is 3. The Morgan fingerprint density at radius 1 is 1.64 bits per heavy atom. The number of nitrogens with zero attached hydrogens (tertiary/aromatic N) is 2. The Morgan fingerprint density at radius 2 is 2.29 bits per heavy atom. The second-order valence-corrected chi connectivity index (χ2v) is 3.24. The molecule has 1 rings (SSSR count).